The zero-order chi connectivity index (χ0) is 16.1. The lowest BCUT2D eigenvalue weighted by atomic mass is 10.2. The van der Waals surface area contributed by atoms with Crippen molar-refractivity contribution in [2.75, 3.05) is 20.6 Å². The van der Waals surface area contributed by atoms with Gasteiger partial charge >= 0.3 is 0 Å². The lowest BCUT2D eigenvalue weighted by molar-refractivity contribution is -0.131. The molecule has 1 aromatic carbocycles. The van der Waals surface area contributed by atoms with Crippen molar-refractivity contribution in [3.8, 4) is 0 Å². The highest BCUT2D eigenvalue weighted by atomic mass is 19.1. The molecule has 0 atom stereocenters. The van der Waals surface area contributed by atoms with Crippen molar-refractivity contribution < 1.29 is 9.18 Å². The molecule has 0 bridgehead atoms. The van der Waals surface area contributed by atoms with Crippen molar-refractivity contribution in [2.45, 2.75) is 13.1 Å². The third-order valence-electron chi connectivity index (χ3n) is 3.38. The van der Waals surface area contributed by atoms with Gasteiger partial charge in [-0.05, 0) is 24.7 Å². The van der Waals surface area contributed by atoms with Crippen molar-refractivity contribution in [3.05, 3.63) is 47.8 Å². The van der Waals surface area contributed by atoms with Gasteiger partial charge in [0.2, 0.25) is 5.91 Å². The van der Waals surface area contributed by atoms with E-state index >= 15 is 0 Å². The van der Waals surface area contributed by atoms with E-state index in [1.807, 2.05) is 19.0 Å². The summed E-state index contributed by atoms with van der Waals surface area (Å²) in [4.78, 5) is 15.7. The number of carbonyl (C=O) groups is 1. The number of nitrogens with zero attached hydrogens (tertiary/aromatic N) is 5. The van der Waals surface area contributed by atoms with Crippen LogP contribution in [0.5, 0.6) is 0 Å². The molecule has 1 heterocycles. The number of rotatable bonds is 6. The Balaban J connectivity index is 1.85. The van der Waals surface area contributed by atoms with Gasteiger partial charge in [0.1, 0.15) is 12.1 Å². The number of benzene rings is 1. The standard InChI is InChI=1S/C15H20FN5O/c1-19(8-12-4-6-13(16)7-5-12)10-15(22)20(2)9-14-18-17-11-21(14)3/h4-7,11H,8-10H2,1-3H3. The Morgan fingerprint density at radius 1 is 1.23 bits per heavy atom. The van der Waals surface area contributed by atoms with Crippen LogP contribution in [0.2, 0.25) is 0 Å². The van der Waals surface area contributed by atoms with E-state index in [1.165, 1.54) is 12.1 Å². The molecule has 0 N–H and O–H groups in total. The van der Waals surface area contributed by atoms with Crippen LogP contribution in [0.4, 0.5) is 4.39 Å². The molecule has 1 amide bonds. The molecule has 118 valence electrons. The third kappa shape index (κ3) is 4.36. The van der Waals surface area contributed by atoms with E-state index in [0.29, 0.717) is 13.1 Å². The van der Waals surface area contributed by atoms with Crippen LogP contribution in [0.3, 0.4) is 0 Å². The number of carbonyl (C=O) groups excluding carboxylic acids is 1. The molecule has 0 saturated carbocycles. The summed E-state index contributed by atoms with van der Waals surface area (Å²) in [6.07, 6.45) is 1.61. The summed E-state index contributed by atoms with van der Waals surface area (Å²) in [5.74, 6) is 0.468. The molecular weight excluding hydrogens is 285 g/mol. The quantitative estimate of drug-likeness (QED) is 0.800. The molecular formula is C15H20FN5O. The number of amides is 1. The van der Waals surface area contributed by atoms with Crippen molar-refractivity contribution in [1.29, 1.82) is 0 Å². The van der Waals surface area contributed by atoms with Gasteiger partial charge in [-0.15, -0.1) is 10.2 Å². The van der Waals surface area contributed by atoms with Crippen molar-refractivity contribution in [2.24, 2.45) is 7.05 Å². The fourth-order valence-corrected chi connectivity index (χ4v) is 2.06. The van der Waals surface area contributed by atoms with Crippen LogP contribution < -0.4 is 0 Å². The summed E-state index contributed by atoms with van der Waals surface area (Å²) < 4.78 is 14.6. The second kappa shape index (κ2) is 7.13. The third-order valence-corrected chi connectivity index (χ3v) is 3.38. The van der Waals surface area contributed by atoms with Gasteiger partial charge in [0.15, 0.2) is 5.82 Å². The van der Waals surface area contributed by atoms with Crippen LogP contribution in [-0.4, -0.2) is 51.1 Å². The van der Waals surface area contributed by atoms with E-state index in [2.05, 4.69) is 10.2 Å². The monoisotopic (exact) mass is 305 g/mol. The highest BCUT2D eigenvalue weighted by Gasteiger charge is 2.14. The van der Waals surface area contributed by atoms with Crippen LogP contribution in [0.25, 0.3) is 0 Å². The van der Waals surface area contributed by atoms with Crippen molar-refractivity contribution in [3.63, 3.8) is 0 Å². The first-order valence-corrected chi connectivity index (χ1v) is 6.95. The fraction of sp³-hybridized carbons (Fsp3) is 0.400. The van der Waals surface area contributed by atoms with E-state index in [1.54, 1.807) is 35.0 Å². The number of likely N-dealkylation sites (N-methyl/N-ethyl adjacent to an activating group) is 2. The Labute approximate surface area is 129 Å². The molecule has 0 radical (unpaired) electrons. The van der Waals surface area contributed by atoms with Gasteiger partial charge in [0.05, 0.1) is 13.1 Å². The Morgan fingerprint density at radius 2 is 1.91 bits per heavy atom. The molecule has 0 unspecified atom stereocenters. The van der Waals surface area contributed by atoms with Crippen LogP contribution in [0.15, 0.2) is 30.6 Å². The molecule has 0 fully saturated rings. The number of aryl methyl sites for hydroxylation is 1. The molecule has 0 spiro atoms. The summed E-state index contributed by atoms with van der Waals surface area (Å²) in [6.45, 7) is 1.29. The van der Waals surface area contributed by atoms with Crippen molar-refractivity contribution in [1.82, 2.24) is 24.6 Å². The predicted molar refractivity (Wildman–Crippen MR) is 80.2 cm³/mol. The van der Waals surface area contributed by atoms with Gasteiger partial charge in [-0.2, -0.15) is 0 Å². The number of halogens is 1. The molecule has 0 aliphatic carbocycles. The summed E-state index contributed by atoms with van der Waals surface area (Å²) in [5.41, 5.74) is 0.965. The van der Waals surface area contributed by atoms with E-state index < -0.39 is 0 Å². The first-order valence-electron chi connectivity index (χ1n) is 6.95. The van der Waals surface area contributed by atoms with Gasteiger partial charge in [-0.1, -0.05) is 12.1 Å². The molecule has 22 heavy (non-hydrogen) atoms. The Bertz CT molecular complexity index is 625. The highest BCUT2D eigenvalue weighted by Crippen LogP contribution is 2.06. The molecule has 2 aromatic rings. The van der Waals surface area contributed by atoms with Gasteiger partial charge in [-0.3, -0.25) is 9.69 Å². The summed E-state index contributed by atoms with van der Waals surface area (Å²) in [5, 5.41) is 7.76. The van der Waals surface area contributed by atoms with Gasteiger partial charge in [-0.25, -0.2) is 4.39 Å². The van der Waals surface area contributed by atoms with Crippen LogP contribution >= 0.6 is 0 Å². The largest absolute Gasteiger partial charge is 0.337 e. The van der Waals surface area contributed by atoms with E-state index in [-0.39, 0.29) is 18.3 Å². The van der Waals surface area contributed by atoms with Crippen LogP contribution in [0, 0.1) is 5.82 Å². The minimum Gasteiger partial charge on any atom is -0.337 e. The molecule has 1 aromatic heterocycles. The number of aromatic nitrogens is 3. The van der Waals surface area contributed by atoms with Crippen LogP contribution in [0.1, 0.15) is 11.4 Å². The maximum atomic E-state index is 12.9. The zero-order valence-corrected chi connectivity index (χ0v) is 13.0. The smallest absolute Gasteiger partial charge is 0.236 e. The maximum Gasteiger partial charge on any atom is 0.236 e. The Hall–Kier alpha value is -2.28. The summed E-state index contributed by atoms with van der Waals surface area (Å²) in [7, 11) is 5.44. The number of hydrogen-bond acceptors (Lipinski definition) is 4. The van der Waals surface area contributed by atoms with Gasteiger partial charge < -0.3 is 9.47 Å². The first kappa shape index (κ1) is 16.1. The molecule has 2 rings (SSSR count). The van der Waals surface area contributed by atoms with Crippen molar-refractivity contribution >= 4 is 5.91 Å². The lowest BCUT2D eigenvalue weighted by Gasteiger charge is -2.21. The average molecular weight is 305 g/mol. The second-order valence-corrected chi connectivity index (χ2v) is 5.41. The zero-order valence-electron chi connectivity index (χ0n) is 13.0. The van der Waals surface area contributed by atoms with Crippen LogP contribution in [-0.2, 0) is 24.9 Å². The second-order valence-electron chi connectivity index (χ2n) is 5.41. The summed E-state index contributed by atoms with van der Waals surface area (Å²) >= 11 is 0. The van der Waals surface area contributed by atoms with E-state index in [9.17, 15) is 9.18 Å². The maximum absolute atomic E-state index is 12.9. The minimum absolute atomic E-state index is 0.00684. The fourth-order valence-electron chi connectivity index (χ4n) is 2.06. The minimum atomic E-state index is -0.258. The highest BCUT2D eigenvalue weighted by molar-refractivity contribution is 5.77. The SMILES string of the molecule is CN(CC(=O)N(C)Cc1nncn1C)Cc1ccc(F)cc1. The van der Waals surface area contributed by atoms with Gasteiger partial charge in [0.25, 0.3) is 0 Å². The molecule has 0 saturated heterocycles. The molecule has 6 nitrogen and oxygen atoms in total. The normalized spacial score (nSPS) is 11.0. The molecule has 7 heteroatoms. The number of hydrogen-bond donors (Lipinski definition) is 0. The van der Waals surface area contributed by atoms with E-state index in [0.717, 1.165) is 11.4 Å². The van der Waals surface area contributed by atoms with E-state index in [4.69, 9.17) is 0 Å². The lowest BCUT2D eigenvalue weighted by Crippen LogP contribution is -2.36. The Morgan fingerprint density at radius 3 is 2.50 bits per heavy atom. The molecule has 0 aliphatic heterocycles. The molecule has 0 aliphatic rings. The summed E-state index contributed by atoms with van der Waals surface area (Å²) in [6, 6.07) is 6.29. The Kier molecular flexibility index (Phi) is 5.21. The topological polar surface area (TPSA) is 54.3 Å². The predicted octanol–water partition coefficient (Wildman–Crippen LogP) is 1.04. The van der Waals surface area contributed by atoms with Gasteiger partial charge in [0, 0.05) is 20.6 Å². The first-order chi connectivity index (χ1) is 10.5. The average Bonchev–Trinajstić information content (AvgIpc) is 2.86.